The highest BCUT2D eigenvalue weighted by atomic mass is 19.1. The van der Waals surface area contributed by atoms with E-state index in [9.17, 15) is 9.18 Å². The topological polar surface area (TPSA) is 26.8 Å². The first-order valence-electron chi connectivity index (χ1n) is 8.40. The summed E-state index contributed by atoms with van der Waals surface area (Å²) in [5, 5.41) is 0. The first kappa shape index (κ1) is 17.7. The van der Waals surface area contributed by atoms with Crippen LogP contribution < -0.4 is 4.90 Å². The van der Waals surface area contributed by atoms with Crippen LogP contribution in [0.4, 0.5) is 10.1 Å². The number of piperidine rings is 1. The van der Waals surface area contributed by atoms with E-state index in [1.54, 1.807) is 36.0 Å². The van der Waals surface area contributed by atoms with E-state index in [0.29, 0.717) is 11.3 Å². The summed E-state index contributed by atoms with van der Waals surface area (Å²) in [5.74, 6) is -0.449. The predicted octanol–water partition coefficient (Wildman–Crippen LogP) is 2.84. The summed E-state index contributed by atoms with van der Waals surface area (Å²) in [6.45, 7) is 5.38. The molecule has 1 fully saturated rings. The summed E-state index contributed by atoms with van der Waals surface area (Å²) in [7, 11) is 5.41. The standard InChI is InChI=1S/C18H28FN3O/c1-5-10-22-11-8-15(9-12-22)21(4)18(23)14-6-7-17(20(2)3)16(19)13-14/h6-7,13,15H,5,8-12H2,1-4H3. The molecule has 1 aliphatic heterocycles. The van der Waals surface area contributed by atoms with Gasteiger partial charge in [0.15, 0.2) is 0 Å². The van der Waals surface area contributed by atoms with Crippen molar-refractivity contribution in [1.29, 1.82) is 0 Å². The van der Waals surface area contributed by atoms with E-state index in [1.165, 1.54) is 6.07 Å². The molecule has 23 heavy (non-hydrogen) atoms. The molecular weight excluding hydrogens is 293 g/mol. The lowest BCUT2D eigenvalue weighted by atomic mass is 10.0. The maximum atomic E-state index is 14.1. The zero-order valence-corrected chi connectivity index (χ0v) is 14.7. The van der Waals surface area contributed by atoms with Crippen molar-refractivity contribution in [3.8, 4) is 0 Å². The molecule has 1 aromatic rings. The van der Waals surface area contributed by atoms with E-state index < -0.39 is 0 Å². The minimum atomic E-state index is -0.355. The first-order valence-corrected chi connectivity index (χ1v) is 8.40. The molecular formula is C18H28FN3O. The molecule has 0 saturated carbocycles. The van der Waals surface area contributed by atoms with Crippen LogP contribution in [-0.2, 0) is 0 Å². The number of hydrogen-bond acceptors (Lipinski definition) is 3. The SMILES string of the molecule is CCCN1CCC(N(C)C(=O)c2ccc(N(C)C)c(F)c2)CC1. The van der Waals surface area contributed by atoms with Crippen molar-refractivity contribution in [2.75, 3.05) is 45.7 Å². The molecule has 0 aliphatic carbocycles. The van der Waals surface area contributed by atoms with Crippen molar-refractivity contribution in [3.63, 3.8) is 0 Å². The third-order valence-corrected chi connectivity index (χ3v) is 4.64. The monoisotopic (exact) mass is 321 g/mol. The molecule has 0 bridgehead atoms. The van der Waals surface area contributed by atoms with Gasteiger partial charge in [-0.25, -0.2) is 4.39 Å². The van der Waals surface area contributed by atoms with Crippen LogP contribution in [0.2, 0.25) is 0 Å². The van der Waals surface area contributed by atoms with Crippen molar-refractivity contribution in [3.05, 3.63) is 29.6 Å². The molecule has 1 aromatic carbocycles. The number of rotatable bonds is 5. The number of nitrogens with zero attached hydrogens (tertiary/aromatic N) is 3. The number of carbonyl (C=O) groups is 1. The Morgan fingerprint density at radius 3 is 2.43 bits per heavy atom. The minimum absolute atomic E-state index is 0.0943. The average Bonchev–Trinajstić information content (AvgIpc) is 2.54. The minimum Gasteiger partial charge on any atom is -0.375 e. The summed E-state index contributed by atoms with van der Waals surface area (Å²) in [6, 6.07) is 4.97. The highest BCUT2D eigenvalue weighted by Crippen LogP contribution is 2.21. The van der Waals surface area contributed by atoms with E-state index in [0.717, 1.165) is 38.9 Å². The van der Waals surface area contributed by atoms with Gasteiger partial charge in [-0.05, 0) is 44.0 Å². The highest BCUT2D eigenvalue weighted by molar-refractivity contribution is 5.94. The Labute approximate surface area is 138 Å². The van der Waals surface area contributed by atoms with Crippen molar-refractivity contribution in [1.82, 2.24) is 9.80 Å². The number of halogens is 1. The fraction of sp³-hybridized carbons (Fsp3) is 0.611. The molecule has 128 valence electrons. The first-order chi connectivity index (χ1) is 10.9. The molecule has 1 aliphatic rings. The molecule has 0 unspecified atom stereocenters. The van der Waals surface area contributed by atoms with Crippen LogP contribution in [0.15, 0.2) is 18.2 Å². The second-order valence-corrected chi connectivity index (χ2v) is 6.55. The lowest BCUT2D eigenvalue weighted by Gasteiger charge is -2.36. The van der Waals surface area contributed by atoms with E-state index in [2.05, 4.69) is 11.8 Å². The maximum Gasteiger partial charge on any atom is 0.253 e. The van der Waals surface area contributed by atoms with Gasteiger partial charge in [0.1, 0.15) is 5.82 Å². The van der Waals surface area contributed by atoms with Gasteiger partial charge in [0.2, 0.25) is 0 Å². The van der Waals surface area contributed by atoms with Crippen LogP contribution in [0.25, 0.3) is 0 Å². The van der Waals surface area contributed by atoms with Crippen molar-refractivity contribution in [2.24, 2.45) is 0 Å². The van der Waals surface area contributed by atoms with Gasteiger partial charge >= 0.3 is 0 Å². The summed E-state index contributed by atoms with van der Waals surface area (Å²) < 4.78 is 14.1. The van der Waals surface area contributed by atoms with Gasteiger partial charge in [0, 0.05) is 45.8 Å². The predicted molar refractivity (Wildman–Crippen MR) is 92.6 cm³/mol. The zero-order valence-electron chi connectivity index (χ0n) is 14.7. The second kappa shape index (κ2) is 7.77. The van der Waals surface area contributed by atoms with Crippen LogP contribution in [0, 0.1) is 5.82 Å². The Kier molecular flexibility index (Phi) is 5.99. The fourth-order valence-corrected chi connectivity index (χ4v) is 3.22. The van der Waals surface area contributed by atoms with Crippen LogP contribution in [0.3, 0.4) is 0 Å². The molecule has 0 atom stereocenters. The number of likely N-dealkylation sites (tertiary alicyclic amines) is 1. The molecule has 1 amide bonds. The summed E-state index contributed by atoms with van der Waals surface area (Å²) in [5.41, 5.74) is 0.920. The zero-order chi connectivity index (χ0) is 17.0. The van der Waals surface area contributed by atoms with Crippen LogP contribution in [0.1, 0.15) is 36.5 Å². The van der Waals surface area contributed by atoms with Gasteiger partial charge in [-0.15, -0.1) is 0 Å². The highest BCUT2D eigenvalue weighted by Gasteiger charge is 2.26. The second-order valence-electron chi connectivity index (χ2n) is 6.55. The molecule has 0 radical (unpaired) electrons. The van der Waals surface area contributed by atoms with E-state index in [-0.39, 0.29) is 17.8 Å². The molecule has 5 heteroatoms. The van der Waals surface area contributed by atoms with Gasteiger partial charge in [0.05, 0.1) is 5.69 Å². The van der Waals surface area contributed by atoms with E-state index in [1.807, 2.05) is 7.05 Å². The van der Waals surface area contributed by atoms with Crippen molar-refractivity contribution >= 4 is 11.6 Å². The molecule has 4 nitrogen and oxygen atoms in total. The smallest absolute Gasteiger partial charge is 0.253 e. The van der Waals surface area contributed by atoms with Gasteiger partial charge in [-0.1, -0.05) is 6.92 Å². The number of benzene rings is 1. The number of hydrogen-bond donors (Lipinski definition) is 0. The van der Waals surface area contributed by atoms with Crippen LogP contribution >= 0.6 is 0 Å². The Bertz CT molecular complexity index is 539. The van der Waals surface area contributed by atoms with Gasteiger partial charge in [-0.3, -0.25) is 4.79 Å². The third kappa shape index (κ3) is 4.22. The number of anilines is 1. The quantitative estimate of drug-likeness (QED) is 0.834. The maximum absolute atomic E-state index is 14.1. The van der Waals surface area contributed by atoms with Gasteiger partial charge in [-0.2, -0.15) is 0 Å². The normalized spacial score (nSPS) is 16.4. The van der Waals surface area contributed by atoms with Gasteiger partial charge in [0.25, 0.3) is 5.91 Å². The molecule has 2 rings (SSSR count). The van der Waals surface area contributed by atoms with E-state index >= 15 is 0 Å². The Morgan fingerprint density at radius 1 is 1.26 bits per heavy atom. The van der Waals surface area contributed by atoms with E-state index in [4.69, 9.17) is 0 Å². The molecule has 1 saturated heterocycles. The summed E-state index contributed by atoms with van der Waals surface area (Å²) in [4.78, 5) is 18.6. The van der Waals surface area contributed by atoms with Crippen LogP contribution in [0.5, 0.6) is 0 Å². The lowest BCUT2D eigenvalue weighted by Crippen LogP contribution is -2.45. The van der Waals surface area contributed by atoms with Crippen molar-refractivity contribution < 1.29 is 9.18 Å². The largest absolute Gasteiger partial charge is 0.375 e. The molecule has 1 heterocycles. The Hall–Kier alpha value is -1.62. The molecule has 0 aromatic heterocycles. The summed E-state index contributed by atoms with van der Waals surface area (Å²) in [6.07, 6.45) is 3.14. The Morgan fingerprint density at radius 2 is 1.91 bits per heavy atom. The molecule has 0 N–H and O–H groups in total. The van der Waals surface area contributed by atoms with Crippen molar-refractivity contribution in [2.45, 2.75) is 32.2 Å². The number of amides is 1. The summed E-state index contributed by atoms with van der Waals surface area (Å²) >= 11 is 0. The lowest BCUT2D eigenvalue weighted by molar-refractivity contribution is 0.0642. The fourth-order valence-electron chi connectivity index (χ4n) is 3.22. The Balaban J connectivity index is 2.01. The number of carbonyl (C=O) groups excluding carboxylic acids is 1. The third-order valence-electron chi connectivity index (χ3n) is 4.64. The average molecular weight is 321 g/mol. The molecule has 0 spiro atoms. The van der Waals surface area contributed by atoms with Crippen LogP contribution in [-0.4, -0.2) is 62.5 Å². The van der Waals surface area contributed by atoms with Gasteiger partial charge < -0.3 is 14.7 Å².